The summed E-state index contributed by atoms with van der Waals surface area (Å²) in [4.78, 5) is 10.9. The van der Waals surface area contributed by atoms with Gasteiger partial charge in [0.1, 0.15) is 17.4 Å². The number of rotatable bonds is 7. The van der Waals surface area contributed by atoms with E-state index in [1.165, 1.54) is 0 Å². The van der Waals surface area contributed by atoms with Gasteiger partial charge in [-0.25, -0.2) is 13.1 Å². The Hall–Kier alpha value is -2.33. The van der Waals surface area contributed by atoms with Crippen molar-refractivity contribution in [3.8, 4) is 5.75 Å². The number of sulfonamides is 1. The Morgan fingerprint density at radius 1 is 1.28 bits per heavy atom. The van der Waals surface area contributed by atoms with E-state index in [0.29, 0.717) is 24.0 Å². The molecule has 0 spiro atoms. The summed E-state index contributed by atoms with van der Waals surface area (Å²) in [5.74, 6) is -0.722. The average Bonchev–Trinajstić information content (AvgIpc) is 2.92. The van der Waals surface area contributed by atoms with Crippen molar-refractivity contribution in [3.05, 3.63) is 22.3 Å². The van der Waals surface area contributed by atoms with Gasteiger partial charge in [-0.1, -0.05) is 0 Å². The Kier molecular flexibility index (Phi) is 6.48. The molecule has 2 rings (SSSR count). The van der Waals surface area contributed by atoms with E-state index in [2.05, 4.69) is 10.0 Å². The Labute approximate surface area is 171 Å². The van der Waals surface area contributed by atoms with Crippen LogP contribution in [0.4, 0.5) is 0 Å². The van der Waals surface area contributed by atoms with E-state index >= 15 is 0 Å². The highest BCUT2D eigenvalue weighted by atomic mass is 32.2. The molecule has 29 heavy (non-hydrogen) atoms. The molecule has 162 valence electrons. The molecule has 1 atom stereocenters. The highest BCUT2D eigenvalue weighted by molar-refractivity contribution is 7.90. The number of nitrogens with two attached hydrogens (primary N) is 1. The normalized spacial score (nSPS) is 15.9. The van der Waals surface area contributed by atoms with Gasteiger partial charge in [-0.05, 0) is 64.2 Å². The first kappa shape index (κ1) is 23.0. The molecule has 9 nitrogen and oxygen atoms in total. The predicted molar refractivity (Wildman–Crippen MR) is 110 cm³/mol. The largest absolute Gasteiger partial charge is 0.487 e. The number of guanidine groups is 1. The zero-order valence-corrected chi connectivity index (χ0v) is 18.3. The number of hydrogen-bond acceptors (Lipinski definition) is 6. The lowest BCUT2D eigenvalue weighted by Gasteiger charge is -2.19. The molecule has 0 saturated heterocycles. The molecule has 0 aromatic heterocycles. The molecule has 0 amide bonds. The first-order valence-electron chi connectivity index (χ1n) is 9.42. The van der Waals surface area contributed by atoms with Crippen LogP contribution in [-0.4, -0.2) is 43.6 Å². The first-order valence-corrected chi connectivity index (χ1v) is 10.9. The molecule has 0 unspecified atom stereocenters. The number of hydrogen-bond donors (Lipinski definition) is 5. The van der Waals surface area contributed by atoms with Crippen LogP contribution >= 0.6 is 0 Å². The quantitative estimate of drug-likeness (QED) is 0.250. The van der Waals surface area contributed by atoms with Gasteiger partial charge in [0.05, 0.1) is 4.90 Å². The van der Waals surface area contributed by atoms with Gasteiger partial charge in [0, 0.05) is 18.5 Å². The standard InChI is InChI=1S/C19H30N4O5S/c1-10-11(2)16(12(3)13-9-19(4,5)28-15(10)13)29(26,27)23-18(21)22-8-6-7-14(20)17(24)25/h14H,6-9,20H2,1-5H3,(H,24,25)(H3,21,22,23)/t14-/m1/s1. The van der Waals surface area contributed by atoms with Crippen molar-refractivity contribution in [2.75, 3.05) is 6.54 Å². The van der Waals surface area contributed by atoms with E-state index in [-0.39, 0.29) is 23.8 Å². The summed E-state index contributed by atoms with van der Waals surface area (Å²) in [5, 5.41) is 19.3. The Morgan fingerprint density at radius 2 is 1.90 bits per heavy atom. The third-order valence-electron chi connectivity index (χ3n) is 5.11. The van der Waals surface area contributed by atoms with Crippen LogP contribution in [0.2, 0.25) is 0 Å². The van der Waals surface area contributed by atoms with Gasteiger partial charge in [-0.15, -0.1) is 0 Å². The third-order valence-corrected chi connectivity index (χ3v) is 6.73. The van der Waals surface area contributed by atoms with Crippen molar-refractivity contribution in [1.29, 1.82) is 5.41 Å². The minimum absolute atomic E-state index is 0.162. The van der Waals surface area contributed by atoms with Gasteiger partial charge in [0.2, 0.25) is 5.96 Å². The molecule has 1 heterocycles. The number of carbonyl (C=O) groups is 1. The maximum atomic E-state index is 13.0. The fourth-order valence-corrected chi connectivity index (χ4v) is 5.05. The molecule has 1 aromatic carbocycles. The molecular weight excluding hydrogens is 396 g/mol. The number of carboxylic acid groups (broad SMARTS) is 1. The minimum Gasteiger partial charge on any atom is -0.487 e. The lowest BCUT2D eigenvalue weighted by atomic mass is 9.94. The SMILES string of the molecule is Cc1c(C)c(S(=O)(=O)NC(=N)NCCC[C@@H](N)C(=O)O)c(C)c2c1OC(C)(C)C2. The summed E-state index contributed by atoms with van der Waals surface area (Å²) >= 11 is 0. The van der Waals surface area contributed by atoms with Crippen molar-refractivity contribution in [2.45, 2.75) is 70.4 Å². The van der Waals surface area contributed by atoms with Crippen LogP contribution in [0.3, 0.4) is 0 Å². The van der Waals surface area contributed by atoms with Crippen LogP contribution in [0, 0.1) is 26.2 Å². The molecule has 0 saturated carbocycles. The van der Waals surface area contributed by atoms with E-state index < -0.39 is 27.6 Å². The summed E-state index contributed by atoms with van der Waals surface area (Å²) in [7, 11) is -3.98. The summed E-state index contributed by atoms with van der Waals surface area (Å²) < 4.78 is 34.3. The predicted octanol–water partition coefficient (Wildman–Crippen LogP) is 1.32. The molecule has 0 radical (unpaired) electrons. The maximum Gasteiger partial charge on any atom is 0.320 e. The van der Waals surface area contributed by atoms with Gasteiger partial charge in [-0.2, -0.15) is 0 Å². The molecule has 1 aliphatic rings. The fraction of sp³-hybridized carbons (Fsp3) is 0.579. The highest BCUT2D eigenvalue weighted by Crippen LogP contribution is 2.43. The highest BCUT2D eigenvalue weighted by Gasteiger charge is 2.36. The van der Waals surface area contributed by atoms with E-state index in [4.69, 9.17) is 21.0 Å². The van der Waals surface area contributed by atoms with E-state index in [0.717, 1.165) is 16.9 Å². The molecule has 1 aromatic rings. The fourth-order valence-electron chi connectivity index (χ4n) is 3.53. The summed E-state index contributed by atoms with van der Waals surface area (Å²) in [5.41, 5.74) is 7.89. The second-order valence-electron chi connectivity index (χ2n) is 8.04. The molecule has 10 heteroatoms. The number of aliphatic carboxylic acids is 1. The van der Waals surface area contributed by atoms with Crippen LogP contribution in [-0.2, 0) is 21.2 Å². The Bertz CT molecular complexity index is 941. The van der Waals surface area contributed by atoms with E-state index in [9.17, 15) is 13.2 Å². The summed E-state index contributed by atoms with van der Waals surface area (Å²) in [6.45, 7) is 9.48. The second-order valence-corrected chi connectivity index (χ2v) is 9.66. The van der Waals surface area contributed by atoms with Gasteiger partial charge >= 0.3 is 5.97 Å². The van der Waals surface area contributed by atoms with Gasteiger partial charge in [0.15, 0.2) is 0 Å². The van der Waals surface area contributed by atoms with Crippen LogP contribution < -0.4 is 20.5 Å². The lowest BCUT2D eigenvalue weighted by Crippen LogP contribution is -2.41. The van der Waals surface area contributed by atoms with Crippen molar-refractivity contribution < 1.29 is 23.1 Å². The first-order chi connectivity index (χ1) is 13.3. The number of carboxylic acids is 1. The second kappa shape index (κ2) is 8.19. The Morgan fingerprint density at radius 3 is 2.48 bits per heavy atom. The maximum absolute atomic E-state index is 13.0. The van der Waals surface area contributed by atoms with Gasteiger partial charge in [0.25, 0.3) is 10.0 Å². The van der Waals surface area contributed by atoms with Crippen molar-refractivity contribution in [3.63, 3.8) is 0 Å². The molecule has 1 aliphatic heterocycles. The lowest BCUT2D eigenvalue weighted by molar-refractivity contribution is -0.138. The zero-order chi connectivity index (χ0) is 22.1. The van der Waals surface area contributed by atoms with Gasteiger partial charge in [-0.3, -0.25) is 10.2 Å². The molecular formula is C19H30N4O5S. The third kappa shape index (κ3) is 4.99. The van der Waals surface area contributed by atoms with Crippen molar-refractivity contribution >= 4 is 22.0 Å². The number of fused-ring (bicyclic) bond motifs is 1. The van der Waals surface area contributed by atoms with Gasteiger partial charge < -0.3 is 20.9 Å². The van der Waals surface area contributed by atoms with E-state index in [1.54, 1.807) is 13.8 Å². The number of ether oxygens (including phenoxy) is 1. The topological polar surface area (TPSA) is 155 Å². The molecule has 0 bridgehead atoms. The molecule has 6 N–H and O–H groups in total. The number of nitrogens with one attached hydrogen (secondary N) is 3. The zero-order valence-electron chi connectivity index (χ0n) is 17.5. The van der Waals surface area contributed by atoms with Crippen molar-refractivity contribution in [1.82, 2.24) is 10.0 Å². The monoisotopic (exact) mass is 426 g/mol. The van der Waals surface area contributed by atoms with Crippen LogP contribution in [0.1, 0.15) is 48.9 Å². The van der Waals surface area contributed by atoms with Crippen LogP contribution in [0.15, 0.2) is 4.90 Å². The van der Waals surface area contributed by atoms with Crippen molar-refractivity contribution in [2.24, 2.45) is 5.73 Å². The minimum atomic E-state index is -3.98. The summed E-state index contributed by atoms with van der Waals surface area (Å²) in [6, 6.07) is -0.978. The number of benzene rings is 1. The van der Waals surface area contributed by atoms with E-state index in [1.807, 2.05) is 20.8 Å². The molecule has 0 aliphatic carbocycles. The summed E-state index contributed by atoms with van der Waals surface area (Å²) in [6.07, 6.45) is 1.22. The average molecular weight is 427 g/mol. The van der Waals surface area contributed by atoms with Crippen LogP contribution in [0.5, 0.6) is 5.75 Å². The smallest absolute Gasteiger partial charge is 0.320 e. The Balaban J connectivity index is 2.15. The molecule has 0 fully saturated rings. The van der Waals surface area contributed by atoms with Crippen LogP contribution in [0.25, 0.3) is 0 Å².